The summed E-state index contributed by atoms with van der Waals surface area (Å²) in [4.78, 5) is 18.5. The maximum atomic E-state index is 12.8. The number of piperazine rings is 1. The zero-order valence-electron chi connectivity index (χ0n) is 16.6. The van der Waals surface area contributed by atoms with Gasteiger partial charge in [-0.25, -0.2) is 0 Å². The van der Waals surface area contributed by atoms with E-state index in [0.29, 0.717) is 32.0 Å². The smallest absolute Gasteiger partial charge is 0.276 e. The van der Waals surface area contributed by atoms with Gasteiger partial charge in [0.25, 0.3) is 5.91 Å². The number of para-hydroxylation sites is 1. The molecule has 1 fully saturated rings. The first-order valence-electron chi connectivity index (χ1n) is 10.1. The minimum Gasteiger partial charge on any atom is -0.486 e. The van der Waals surface area contributed by atoms with Gasteiger partial charge in [-0.3, -0.25) is 9.69 Å². The predicted octanol–water partition coefficient (Wildman–Crippen LogP) is 2.00. The second kappa shape index (κ2) is 8.16. The standard InChI is InChI=1S/C22H23N5O3/c28-22(19-15-23-27(24-19)18-4-2-1-3-5-18)26-10-8-25(9-11-26)16-17-6-7-20-21(14-17)30-13-12-29-20/h1-7,14-15H,8-13,16H2. The third-order valence-electron chi connectivity index (χ3n) is 5.37. The minimum absolute atomic E-state index is 0.0730. The van der Waals surface area contributed by atoms with Crippen LogP contribution in [0.3, 0.4) is 0 Å². The summed E-state index contributed by atoms with van der Waals surface area (Å²) in [6, 6.07) is 15.7. The highest BCUT2D eigenvalue weighted by molar-refractivity contribution is 5.92. The van der Waals surface area contributed by atoms with E-state index in [9.17, 15) is 4.79 Å². The number of carbonyl (C=O) groups excluding carboxylic acids is 1. The van der Waals surface area contributed by atoms with Crippen LogP contribution in [-0.4, -0.2) is 70.1 Å². The third kappa shape index (κ3) is 3.86. The van der Waals surface area contributed by atoms with Crippen molar-refractivity contribution in [3.05, 3.63) is 66.0 Å². The molecule has 0 spiro atoms. The van der Waals surface area contributed by atoms with Crippen molar-refractivity contribution < 1.29 is 14.3 Å². The van der Waals surface area contributed by atoms with E-state index < -0.39 is 0 Å². The molecular formula is C22H23N5O3. The van der Waals surface area contributed by atoms with Gasteiger partial charge in [-0.1, -0.05) is 24.3 Å². The molecule has 154 valence electrons. The maximum Gasteiger partial charge on any atom is 0.276 e. The summed E-state index contributed by atoms with van der Waals surface area (Å²) in [5.41, 5.74) is 2.39. The number of carbonyl (C=O) groups is 1. The first kappa shape index (κ1) is 18.6. The van der Waals surface area contributed by atoms with Crippen LogP contribution < -0.4 is 9.47 Å². The summed E-state index contributed by atoms with van der Waals surface area (Å²) in [6.07, 6.45) is 1.54. The van der Waals surface area contributed by atoms with E-state index in [1.54, 1.807) is 0 Å². The van der Waals surface area contributed by atoms with Gasteiger partial charge in [0.15, 0.2) is 17.2 Å². The number of aromatic nitrogens is 3. The average Bonchev–Trinajstić information content (AvgIpc) is 3.30. The van der Waals surface area contributed by atoms with Crippen molar-refractivity contribution in [3.8, 4) is 17.2 Å². The van der Waals surface area contributed by atoms with Crippen LogP contribution in [0.4, 0.5) is 0 Å². The highest BCUT2D eigenvalue weighted by Crippen LogP contribution is 2.31. The zero-order chi connectivity index (χ0) is 20.3. The van der Waals surface area contributed by atoms with Crippen LogP contribution in [0.5, 0.6) is 11.5 Å². The molecule has 30 heavy (non-hydrogen) atoms. The Morgan fingerprint density at radius 1 is 0.933 bits per heavy atom. The summed E-state index contributed by atoms with van der Waals surface area (Å²) >= 11 is 0. The zero-order valence-corrected chi connectivity index (χ0v) is 16.6. The number of amides is 1. The number of benzene rings is 2. The van der Waals surface area contributed by atoms with E-state index in [1.807, 2.05) is 47.4 Å². The lowest BCUT2D eigenvalue weighted by molar-refractivity contribution is 0.0622. The Balaban J connectivity index is 1.18. The predicted molar refractivity (Wildman–Crippen MR) is 110 cm³/mol. The molecule has 0 radical (unpaired) electrons. The first-order chi connectivity index (χ1) is 14.8. The van der Waals surface area contributed by atoms with Crippen molar-refractivity contribution in [1.82, 2.24) is 24.8 Å². The topological polar surface area (TPSA) is 72.7 Å². The van der Waals surface area contributed by atoms with Crippen LogP contribution in [0, 0.1) is 0 Å². The molecule has 0 saturated carbocycles. The minimum atomic E-state index is -0.0730. The van der Waals surface area contributed by atoms with Crippen molar-refractivity contribution in [2.45, 2.75) is 6.54 Å². The number of rotatable bonds is 4. The van der Waals surface area contributed by atoms with Crippen molar-refractivity contribution >= 4 is 5.91 Å². The fraction of sp³-hybridized carbons (Fsp3) is 0.318. The molecule has 0 atom stereocenters. The molecule has 0 aliphatic carbocycles. The molecule has 1 aromatic heterocycles. The number of nitrogens with zero attached hydrogens (tertiary/aromatic N) is 5. The third-order valence-corrected chi connectivity index (χ3v) is 5.37. The van der Waals surface area contributed by atoms with Gasteiger partial charge in [0.2, 0.25) is 0 Å². The lowest BCUT2D eigenvalue weighted by Crippen LogP contribution is -2.48. The van der Waals surface area contributed by atoms with E-state index in [-0.39, 0.29) is 5.91 Å². The van der Waals surface area contributed by atoms with E-state index in [0.717, 1.165) is 36.8 Å². The summed E-state index contributed by atoms with van der Waals surface area (Å²) in [6.45, 7) is 4.97. The highest BCUT2D eigenvalue weighted by Gasteiger charge is 2.24. The first-order valence-corrected chi connectivity index (χ1v) is 10.1. The highest BCUT2D eigenvalue weighted by atomic mass is 16.6. The Morgan fingerprint density at radius 3 is 2.50 bits per heavy atom. The van der Waals surface area contributed by atoms with Crippen molar-refractivity contribution in [2.75, 3.05) is 39.4 Å². The SMILES string of the molecule is O=C(c1cnn(-c2ccccc2)n1)N1CCN(Cc2ccc3c(c2)OCCO3)CC1. The molecular weight excluding hydrogens is 382 g/mol. The Kier molecular flexibility index (Phi) is 5.06. The average molecular weight is 405 g/mol. The van der Waals surface area contributed by atoms with Gasteiger partial charge in [-0.05, 0) is 29.8 Å². The molecule has 8 nitrogen and oxygen atoms in total. The molecule has 5 rings (SSSR count). The van der Waals surface area contributed by atoms with Gasteiger partial charge >= 0.3 is 0 Å². The monoisotopic (exact) mass is 405 g/mol. The van der Waals surface area contributed by atoms with E-state index in [1.165, 1.54) is 16.6 Å². The Morgan fingerprint density at radius 2 is 1.70 bits per heavy atom. The Labute approximate surface area is 174 Å². The second-order valence-electron chi connectivity index (χ2n) is 7.40. The van der Waals surface area contributed by atoms with Gasteiger partial charge in [0, 0.05) is 32.7 Å². The quantitative estimate of drug-likeness (QED) is 0.661. The molecule has 2 aliphatic rings. The van der Waals surface area contributed by atoms with Crippen molar-refractivity contribution in [2.24, 2.45) is 0 Å². The molecule has 0 bridgehead atoms. The largest absolute Gasteiger partial charge is 0.486 e. The maximum absolute atomic E-state index is 12.8. The Hall–Kier alpha value is -3.39. The molecule has 0 unspecified atom stereocenters. The normalized spacial score (nSPS) is 16.5. The van der Waals surface area contributed by atoms with Gasteiger partial charge in [0.1, 0.15) is 13.2 Å². The molecule has 3 heterocycles. The van der Waals surface area contributed by atoms with E-state index >= 15 is 0 Å². The number of ether oxygens (including phenoxy) is 2. The molecule has 0 N–H and O–H groups in total. The van der Waals surface area contributed by atoms with Crippen LogP contribution in [0.1, 0.15) is 16.1 Å². The molecule has 3 aromatic rings. The number of fused-ring (bicyclic) bond motifs is 1. The summed E-state index contributed by atoms with van der Waals surface area (Å²) in [5.74, 6) is 1.55. The Bertz CT molecular complexity index is 1030. The number of hydrogen-bond acceptors (Lipinski definition) is 6. The lowest BCUT2D eigenvalue weighted by atomic mass is 10.1. The van der Waals surface area contributed by atoms with Crippen LogP contribution in [-0.2, 0) is 6.54 Å². The van der Waals surface area contributed by atoms with Crippen LogP contribution in [0.2, 0.25) is 0 Å². The van der Waals surface area contributed by atoms with Crippen molar-refractivity contribution in [3.63, 3.8) is 0 Å². The van der Waals surface area contributed by atoms with Crippen LogP contribution >= 0.6 is 0 Å². The molecule has 1 amide bonds. The van der Waals surface area contributed by atoms with Gasteiger partial charge in [0.05, 0.1) is 11.9 Å². The van der Waals surface area contributed by atoms with Gasteiger partial charge in [-0.15, -0.1) is 5.10 Å². The fourth-order valence-electron chi connectivity index (χ4n) is 3.76. The molecule has 2 aromatic carbocycles. The summed E-state index contributed by atoms with van der Waals surface area (Å²) in [7, 11) is 0. The lowest BCUT2D eigenvalue weighted by Gasteiger charge is -2.34. The van der Waals surface area contributed by atoms with E-state index in [4.69, 9.17) is 9.47 Å². The summed E-state index contributed by atoms with van der Waals surface area (Å²) < 4.78 is 11.3. The molecule has 8 heteroatoms. The summed E-state index contributed by atoms with van der Waals surface area (Å²) in [5, 5.41) is 8.59. The molecule has 1 saturated heterocycles. The number of hydrogen-bond donors (Lipinski definition) is 0. The van der Waals surface area contributed by atoms with Gasteiger partial charge < -0.3 is 14.4 Å². The van der Waals surface area contributed by atoms with Crippen molar-refractivity contribution in [1.29, 1.82) is 0 Å². The second-order valence-corrected chi connectivity index (χ2v) is 7.40. The van der Waals surface area contributed by atoms with Gasteiger partial charge in [-0.2, -0.15) is 9.90 Å². The fourth-order valence-corrected chi connectivity index (χ4v) is 3.76. The van der Waals surface area contributed by atoms with Crippen LogP contribution in [0.15, 0.2) is 54.7 Å². The molecule has 2 aliphatic heterocycles. The van der Waals surface area contributed by atoms with Crippen LogP contribution in [0.25, 0.3) is 5.69 Å². The van der Waals surface area contributed by atoms with E-state index in [2.05, 4.69) is 21.2 Å².